The zero-order valence-electron chi connectivity index (χ0n) is 10.1. The largest absolute Gasteiger partial charge is 0.308 e. The van der Waals surface area contributed by atoms with Crippen LogP contribution in [-0.4, -0.2) is 27.8 Å². The Kier molecular flexibility index (Phi) is 5.19. The average Bonchev–Trinajstić information content (AvgIpc) is 2.56. The molecule has 1 unspecified atom stereocenters. The molecule has 0 aliphatic heterocycles. The first-order valence-electron chi connectivity index (χ1n) is 5.43. The predicted octanol–water partition coefficient (Wildman–Crippen LogP) is 2.05. The second-order valence-corrected chi connectivity index (χ2v) is 4.74. The van der Waals surface area contributed by atoms with E-state index in [9.17, 15) is 0 Å². The lowest BCUT2D eigenvalue weighted by Crippen LogP contribution is -2.28. The molecule has 4 heteroatoms. The molecular weight excluding hydrogens is 206 g/mol. The van der Waals surface area contributed by atoms with E-state index < -0.39 is 0 Å². The Balaban J connectivity index is 2.49. The minimum absolute atomic E-state index is 0.556. The van der Waals surface area contributed by atoms with Gasteiger partial charge >= 0.3 is 0 Å². The van der Waals surface area contributed by atoms with Crippen molar-refractivity contribution in [1.82, 2.24) is 15.1 Å². The Morgan fingerprint density at radius 3 is 2.93 bits per heavy atom. The molecule has 1 atom stereocenters. The summed E-state index contributed by atoms with van der Waals surface area (Å²) in [6, 6.07) is 2.71. The summed E-state index contributed by atoms with van der Waals surface area (Å²) >= 11 is 1.88. The molecule has 0 saturated carbocycles. The van der Waals surface area contributed by atoms with E-state index >= 15 is 0 Å². The fourth-order valence-corrected chi connectivity index (χ4v) is 2.22. The predicted molar refractivity (Wildman–Crippen MR) is 67.3 cm³/mol. The molecule has 0 amide bonds. The van der Waals surface area contributed by atoms with Crippen molar-refractivity contribution in [1.29, 1.82) is 0 Å². The van der Waals surface area contributed by atoms with Crippen LogP contribution < -0.4 is 5.32 Å². The van der Waals surface area contributed by atoms with Gasteiger partial charge in [0.2, 0.25) is 0 Å². The number of hydrogen-bond acceptors (Lipinski definition) is 3. The van der Waals surface area contributed by atoms with Crippen LogP contribution in [0.15, 0.2) is 6.07 Å². The molecule has 1 heterocycles. The summed E-state index contributed by atoms with van der Waals surface area (Å²) in [6.07, 6.45) is 2.14. The molecule has 0 saturated heterocycles. The first kappa shape index (κ1) is 12.6. The minimum atomic E-state index is 0.556. The van der Waals surface area contributed by atoms with Crippen LogP contribution in [-0.2, 0) is 13.1 Å². The molecule has 0 aliphatic carbocycles. The molecule has 0 bridgehead atoms. The second-order valence-electron chi connectivity index (χ2n) is 3.83. The van der Waals surface area contributed by atoms with Crippen molar-refractivity contribution in [3.63, 3.8) is 0 Å². The molecule has 1 N–H and O–H groups in total. The quantitative estimate of drug-likeness (QED) is 0.806. The fourth-order valence-electron chi connectivity index (χ4n) is 1.60. The fraction of sp³-hybridized carbons (Fsp3) is 0.727. The van der Waals surface area contributed by atoms with Crippen LogP contribution in [0.3, 0.4) is 0 Å². The maximum Gasteiger partial charge on any atom is 0.0597 e. The van der Waals surface area contributed by atoms with Crippen LogP contribution in [0.1, 0.15) is 25.2 Å². The molecule has 1 aromatic rings. The number of aromatic nitrogens is 2. The van der Waals surface area contributed by atoms with E-state index in [0.717, 1.165) is 24.5 Å². The molecule has 0 radical (unpaired) electrons. The Morgan fingerprint density at radius 1 is 1.60 bits per heavy atom. The smallest absolute Gasteiger partial charge is 0.0597 e. The molecule has 1 rings (SSSR count). The Hall–Kier alpha value is -0.480. The Bertz CT molecular complexity index is 296. The lowest BCUT2D eigenvalue weighted by atomic mass is 10.3. The van der Waals surface area contributed by atoms with Gasteiger partial charge in [-0.25, -0.2) is 0 Å². The third-order valence-electron chi connectivity index (χ3n) is 2.33. The van der Waals surface area contributed by atoms with Gasteiger partial charge in [-0.1, -0.05) is 0 Å². The van der Waals surface area contributed by atoms with Crippen molar-refractivity contribution in [2.75, 3.05) is 12.0 Å². The van der Waals surface area contributed by atoms with E-state index in [4.69, 9.17) is 0 Å². The number of nitrogens with zero attached hydrogens (tertiary/aromatic N) is 2. The van der Waals surface area contributed by atoms with Gasteiger partial charge in [-0.05, 0) is 33.1 Å². The monoisotopic (exact) mass is 227 g/mol. The highest BCUT2D eigenvalue weighted by Crippen LogP contribution is 2.04. The third kappa shape index (κ3) is 3.87. The summed E-state index contributed by atoms with van der Waals surface area (Å²) in [5.74, 6) is 1.15. The summed E-state index contributed by atoms with van der Waals surface area (Å²) in [5.41, 5.74) is 2.38. The summed E-state index contributed by atoms with van der Waals surface area (Å²) in [5, 5.41) is 7.93. The first-order chi connectivity index (χ1) is 7.17. The zero-order chi connectivity index (χ0) is 11.3. The van der Waals surface area contributed by atoms with Crippen molar-refractivity contribution in [2.24, 2.45) is 0 Å². The number of aryl methyl sites for hydroxylation is 2. The topological polar surface area (TPSA) is 29.9 Å². The Labute approximate surface area is 96.6 Å². The molecule has 1 aromatic heterocycles. The second kappa shape index (κ2) is 6.18. The van der Waals surface area contributed by atoms with Gasteiger partial charge in [0.1, 0.15) is 0 Å². The van der Waals surface area contributed by atoms with E-state index in [0.29, 0.717) is 6.04 Å². The normalized spacial score (nSPS) is 13.1. The highest BCUT2D eigenvalue weighted by molar-refractivity contribution is 7.98. The van der Waals surface area contributed by atoms with Crippen molar-refractivity contribution < 1.29 is 0 Å². The molecule has 0 fully saturated rings. The number of nitrogens with one attached hydrogen (secondary N) is 1. The van der Waals surface area contributed by atoms with Crippen molar-refractivity contribution in [2.45, 2.75) is 39.9 Å². The van der Waals surface area contributed by atoms with E-state index in [1.54, 1.807) is 0 Å². The van der Waals surface area contributed by atoms with E-state index in [1.165, 1.54) is 5.69 Å². The summed E-state index contributed by atoms with van der Waals surface area (Å²) in [4.78, 5) is 0. The van der Waals surface area contributed by atoms with Crippen molar-refractivity contribution >= 4 is 11.8 Å². The number of rotatable bonds is 6. The maximum absolute atomic E-state index is 4.42. The van der Waals surface area contributed by atoms with Crippen LogP contribution in [0.5, 0.6) is 0 Å². The van der Waals surface area contributed by atoms with Gasteiger partial charge in [0.15, 0.2) is 0 Å². The number of thioether (sulfide) groups is 1. The standard InChI is InChI=1S/C11H21N3S/c1-5-14-11(6-9(2)13-14)7-12-10(3)8-15-4/h6,10,12H,5,7-8H2,1-4H3. The molecule has 0 aromatic carbocycles. The van der Waals surface area contributed by atoms with Gasteiger partial charge in [-0.15, -0.1) is 0 Å². The van der Waals surface area contributed by atoms with Gasteiger partial charge < -0.3 is 5.32 Å². The highest BCUT2D eigenvalue weighted by atomic mass is 32.2. The lowest BCUT2D eigenvalue weighted by Gasteiger charge is -2.12. The molecular formula is C11H21N3S. The van der Waals surface area contributed by atoms with Crippen LogP contribution in [0.4, 0.5) is 0 Å². The molecule has 15 heavy (non-hydrogen) atoms. The van der Waals surface area contributed by atoms with Gasteiger partial charge in [-0.3, -0.25) is 4.68 Å². The zero-order valence-corrected chi connectivity index (χ0v) is 10.9. The van der Waals surface area contributed by atoms with Crippen LogP contribution in [0, 0.1) is 6.92 Å². The van der Waals surface area contributed by atoms with Crippen LogP contribution >= 0.6 is 11.8 Å². The highest BCUT2D eigenvalue weighted by Gasteiger charge is 2.05. The summed E-state index contributed by atoms with van der Waals surface area (Å²) in [7, 11) is 0. The average molecular weight is 227 g/mol. The molecule has 86 valence electrons. The maximum atomic E-state index is 4.42. The van der Waals surface area contributed by atoms with Gasteiger partial charge in [-0.2, -0.15) is 16.9 Å². The summed E-state index contributed by atoms with van der Waals surface area (Å²) in [6.45, 7) is 8.25. The lowest BCUT2D eigenvalue weighted by molar-refractivity contribution is 0.543. The van der Waals surface area contributed by atoms with Crippen molar-refractivity contribution in [3.05, 3.63) is 17.5 Å². The molecule has 0 spiro atoms. The van der Waals surface area contributed by atoms with Gasteiger partial charge in [0, 0.05) is 24.9 Å². The molecule has 3 nitrogen and oxygen atoms in total. The number of hydrogen-bond donors (Lipinski definition) is 1. The van der Waals surface area contributed by atoms with E-state index in [2.05, 4.69) is 41.3 Å². The van der Waals surface area contributed by atoms with Crippen molar-refractivity contribution in [3.8, 4) is 0 Å². The summed E-state index contributed by atoms with van der Waals surface area (Å²) < 4.78 is 2.06. The van der Waals surface area contributed by atoms with E-state index in [-0.39, 0.29) is 0 Å². The Morgan fingerprint density at radius 2 is 2.33 bits per heavy atom. The SMILES string of the molecule is CCn1nc(C)cc1CNC(C)CSC. The molecule has 0 aliphatic rings. The van der Waals surface area contributed by atoms with Crippen LogP contribution in [0.2, 0.25) is 0 Å². The first-order valence-corrected chi connectivity index (χ1v) is 6.82. The third-order valence-corrected chi connectivity index (χ3v) is 3.17. The van der Waals surface area contributed by atoms with Crippen LogP contribution in [0.25, 0.3) is 0 Å². The van der Waals surface area contributed by atoms with Gasteiger partial charge in [0.25, 0.3) is 0 Å². The minimum Gasteiger partial charge on any atom is -0.308 e. The van der Waals surface area contributed by atoms with E-state index in [1.807, 2.05) is 18.7 Å². The van der Waals surface area contributed by atoms with Gasteiger partial charge in [0.05, 0.1) is 11.4 Å².